The summed E-state index contributed by atoms with van der Waals surface area (Å²) in [6.45, 7) is 1.51. The molecule has 4 aromatic carbocycles. The van der Waals surface area contributed by atoms with Crippen LogP contribution in [-0.2, 0) is 22.5 Å². The number of nitrogen functional groups attached to an aromatic ring is 1. The lowest BCUT2D eigenvalue weighted by atomic mass is 10.0. The van der Waals surface area contributed by atoms with Crippen molar-refractivity contribution in [1.29, 1.82) is 0 Å². The maximum atomic E-state index is 6.44. The second-order valence-corrected chi connectivity index (χ2v) is 13.8. The summed E-state index contributed by atoms with van der Waals surface area (Å²) in [4.78, 5) is 19.4. The third-order valence-corrected chi connectivity index (χ3v) is 10.5. The van der Waals surface area contributed by atoms with E-state index in [1.165, 1.54) is 11.1 Å². The number of ether oxygens (including phenoxy) is 3. The van der Waals surface area contributed by atoms with Crippen molar-refractivity contribution in [1.82, 2.24) is 24.5 Å². The summed E-state index contributed by atoms with van der Waals surface area (Å²) in [5, 5.41) is 5.77. The van der Waals surface area contributed by atoms with Crippen LogP contribution in [0.5, 0.6) is 5.75 Å². The predicted octanol–water partition coefficient (Wildman–Crippen LogP) is 9.00. The average molecular weight is 724 g/mol. The van der Waals surface area contributed by atoms with Crippen molar-refractivity contribution in [3.63, 3.8) is 0 Å². The molecule has 0 amide bonds. The van der Waals surface area contributed by atoms with Crippen molar-refractivity contribution in [2.75, 3.05) is 24.3 Å². The van der Waals surface area contributed by atoms with Gasteiger partial charge in [-0.15, -0.1) is 0 Å². The van der Waals surface area contributed by atoms with Gasteiger partial charge >= 0.3 is 0 Å². The largest absolute Gasteiger partial charge is 0.488 e. The fourth-order valence-corrected chi connectivity index (χ4v) is 7.82. The topological polar surface area (TPSA) is 122 Å². The Morgan fingerprint density at radius 2 is 1.62 bits per heavy atom. The minimum atomic E-state index is -0.514. The van der Waals surface area contributed by atoms with E-state index in [2.05, 4.69) is 63.4 Å². The SMILES string of the molecule is Nc1ncccc1-c1nc2ccc(-c3ccccc3)nc2n1-c1ccc2c(c1)CC[C@@H]2Nc1nccc2c(C3OCCO3)c(OCc3ccccc3)ccc12. The van der Waals surface area contributed by atoms with Gasteiger partial charge in [0.05, 0.1) is 36.1 Å². The molecule has 10 nitrogen and oxygen atoms in total. The molecule has 0 spiro atoms. The first-order valence-electron chi connectivity index (χ1n) is 18.5. The second-order valence-electron chi connectivity index (χ2n) is 13.8. The van der Waals surface area contributed by atoms with Crippen molar-refractivity contribution in [3.8, 4) is 34.1 Å². The molecule has 270 valence electrons. The van der Waals surface area contributed by atoms with E-state index in [1.54, 1.807) is 6.20 Å². The monoisotopic (exact) mass is 723 g/mol. The summed E-state index contributed by atoms with van der Waals surface area (Å²) < 4.78 is 20.6. The Morgan fingerprint density at radius 1 is 0.782 bits per heavy atom. The fraction of sp³-hybridized carbons (Fsp3) is 0.156. The average Bonchev–Trinajstić information content (AvgIpc) is 4.00. The van der Waals surface area contributed by atoms with E-state index in [0.29, 0.717) is 31.5 Å². The van der Waals surface area contributed by atoms with Crippen LogP contribution >= 0.6 is 0 Å². The summed E-state index contributed by atoms with van der Waals surface area (Å²) in [6.07, 6.45) is 4.84. The fourth-order valence-electron chi connectivity index (χ4n) is 7.82. The van der Waals surface area contributed by atoms with E-state index in [-0.39, 0.29) is 6.04 Å². The van der Waals surface area contributed by atoms with Gasteiger partial charge in [0, 0.05) is 29.0 Å². The number of imidazole rings is 1. The number of benzene rings is 4. The van der Waals surface area contributed by atoms with Gasteiger partial charge < -0.3 is 25.3 Å². The Balaban J connectivity index is 1.00. The quantitative estimate of drug-likeness (QED) is 0.150. The van der Waals surface area contributed by atoms with Gasteiger partial charge in [0.2, 0.25) is 0 Å². The van der Waals surface area contributed by atoms with E-state index in [9.17, 15) is 0 Å². The van der Waals surface area contributed by atoms with Gasteiger partial charge in [-0.3, -0.25) is 4.57 Å². The number of rotatable bonds is 9. The van der Waals surface area contributed by atoms with Crippen LogP contribution in [0.2, 0.25) is 0 Å². The van der Waals surface area contributed by atoms with Crippen LogP contribution in [0, 0.1) is 0 Å². The molecule has 0 unspecified atom stereocenters. The highest BCUT2D eigenvalue weighted by Gasteiger charge is 2.28. The highest BCUT2D eigenvalue weighted by Crippen LogP contribution is 2.42. The molecule has 0 saturated carbocycles. The molecule has 1 aliphatic heterocycles. The zero-order valence-electron chi connectivity index (χ0n) is 29.9. The van der Waals surface area contributed by atoms with Crippen LogP contribution in [0.3, 0.4) is 0 Å². The number of hydrogen-bond donors (Lipinski definition) is 2. The molecule has 0 bridgehead atoms. The first-order chi connectivity index (χ1) is 27.2. The standard InChI is InChI=1S/C45H37N7O3/c46-41-35(12-7-22-47-41)43-51-38-19-18-36(29-10-5-2-6-11-29)50-44(38)52(43)31-14-15-32-30(26-31)13-17-37(32)49-42-34-16-20-39(55-27-28-8-3-1-4-9-28)40(33(34)21-23-48-42)45-53-24-25-54-45/h1-12,14-16,18-23,26,37,45H,13,17,24-25,27H2,(H2,46,47)(H,48,49)/t37-/m0/s1. The molecule has 10 heteroatoms. The molecule has 1 atom stereocenters. The lowest BCUT2D eigenvalue weighted by Crippen LogP contribution is -2.10. The Labute approximate surface area is 317 Å². The van der Waals surface area contributed by atoms with Gasteiger partial charge in [-0.2, -0.15) is 0 Å². The maximum absolute atomic E-state index is 6.44. The van der Waals surface area contributed by atoms with Gasteiger partial charge in [-0.25, -0.2) is 19.9 Å². The number of nitrogens with one attached hydrogen (secondary N) is 1. The normalized spacial score (nSPS) is 15.5. The summed E-state index contributed by atoms with van der Waals surface area (Å²) in [7, 11) is 0. The molecular formula is C45H37N7O3. The van der Waals surface area contributed by atoms with E-state index >= 15 is 0 Å². The number of fused-ring (bicyclic) bond motifs is 3. The zero-order chi connectivity index (χ0) is 36.7. The Morgan fingerprint density at radius 3 is 2.45 bits per heavy atom. The molecule has 10 rings (SSSR count). The molecule has 1 fully saturated rings. The third kappa shape index (κ3) is 6.11. The Bertz CT molecular complexity index is 2680. The number of aromatic nitrogens is 5. The van der Waals surface area contributed by atoms with Crippen LogP contribution in [-0.4, -0.2) is 37.7 Å². The minimum absolute atomic E-state index is 0.0642. The van der Waals surface area contributed by atoms with E-state index in [4.69, 9.17) is 34.9 Å². The van der Waals surface area contributed by atoms with Crippen molar-refractivity contribution in [2.24, 2.45) is 0 Å². The number of nitrogens with two attached hydrogens (primary N) is 1. The summed E-state index contributed by atoms with van der Waals surface area (Å²) in [6, 6.07) is 41.0. The first-order valence-corrected chi connectivity index (χ1v) is 18.5. The molecule has 2 aliphatic rings. The highest BCUT2D eigenvalue weighted by atomic mass is 16.7. The smallest absolute Gasteiger partial charge is 0.188 e. The summed E-state index contributed by atoms with van der Waals surface area (Å²) >= 11 is 0. The summed E-state index contributed by atoms with van der Waals surface area (Å²) in [5.41, 5.74) is 16.1. The van der Waals surface area contributed by atoms with Gasteiger partial charge in [0.1, 0.15) is 29.5 Å². The third-order valence-electron chi connectivity index (χ3n) is 10.5. The van der Waals surface area contributed by atoms with Gasteiger partial charge in [-0.1, -0.05) is 66.7 Å². The van der Waals surface area contributed by atoms with Crippen LogP contribution in [0.25, 0.3) is 50.3 Å². The predicted molar refractivity (Wildman–Crippen MR) is 214 cm³/mol. The maximum Gasteiger partial charge on any atom is 0.188 e. The van der Waals surface area contributed by atoms with Crippen molar-refractivity contribution >= 4 is 33.6 Å². The number of pyridine rings is 3. The molecule has 55 heavy (non-hydrogen) atoms. The molecule has 5 heterocycles. The second kappa shape index (κ2) is 14.0. The first kappa shape index (κ1) is 33.0. The van der Waals surface area contributed by atoms with Crippen molar-refractivity contribution < 1.29 is 14.2 Å². The van der Waals surface area contributed by atoms with Gasteiger partial charge in [0.25, 0.3) is 0 Å². The lowest BCUT2D eigenvalue weighted by molar-refractivity contribution is -0.0447. The molecule has 8 aromatic rings. The molecule has 3 N–H and O–H groups in total. The lowest BCUT2D eigenvalue weighted by Gasteiger charge is -2.21. The van der Waals surface area contributed by atoms with E-state index < -0.39 is 6.29 Å². The van der Waals surface area contributed by atoms with E-state index in [0.717, 1.165) is 80.0 Å². The Hall–Kier alpha value is -6.62. The number of hydrogen-bond acceptors (Lipinski definition) is 9. The van der Waals surface area contributed by atoms with Crippen LogP contribution in [0.1, 0.15) is 41.0 Å². The van der Waals surface area contributed by atoms with Crippen molar-refractivity contribution in [2.45, 2.75) is 31.8 Å². The van der Waals surface area contributed by atoms with Crippen LogP contribution < -0.4 is 15.8 Å². The summed E-state index contributed by atoms with van der Waals surface area (Å²) in [5.74, 6) is 2.66. The van der Waals surface area contributed by atoms with E-state index in [1.807, 2.05) is 79.0 Å². The molecular weight excluding hydrogens is 687 g/mol. The molecule has 1 saturated heterocycles. The molecule has 0 radical (unpaired) electrons. The number of anilines is 2. The van der Waals surface area contributed by atoms with Gasteiger partial charge in [-0.05, 0) is 89.5 Å². The number of nitrogens with zero attached hydrogens (tertiary/aromatic N) is 5. The van der Waals surface area contributed by atoms with Crippen molar-refractivity contribution in [3.05, 3.63) is 156 Å². The van der Waals surface area contributed by atoms with Gasteiger partial charge in [0.15, 0.2) is 17.8 Å². The number of aryl methyl sites for hydroxylation is 1. The Kier molecular flexibility index (Phi) is 8.39. The van der Waals surface area contributed by atoms with Crippen LogP contribution in [0.15, 0.2) is 134 Å². The minimum Gasteiger partial charge on any atom is -0.488 e. The zero-order valence-corrected chi connectivity index (χ0v) is 29.9. The molecule has 4 aromatic heterocycles. The highest BCUT2D eigenvalue weighted by molar-refractivity contribution is 5.96. The molecule has 1 aliphatic carbocycles. The van der Waals surface area contributed by atoms with Crippen LogP contribution in [0.4, 0.5) is 11.6 Å².